The third-order valence-corrected chi connectivity index (χ3v) is 5.47. The van der Waals surface area contributed by atoms with E-state index in [4.69, 9.17) is 4.74 Å². The number of nitrogens with one attached hydrogen (secondary N) is 1. The minimum Gasteiger partial charge on any atom is -0.505 e. The number of anilines is 1. The molecule has 6 heteroatoms. The number of hydrogen-bond donors (Lipinski definition) is 2. The Labute approximate surface area is 182 Å². The van der Waals surface area contributed by atoms with Crippen LogP contribution < -0.4 is 10.1 Å². The lowest BCUT2D eigenvalue weighted by Gasteiger charge is -2.24. The van der Waals surface area contributed by atoms with E-state index in [0.29, 0.717) is 11.1 Å². The van der Waals surface area contributed by atoms with Crippen molar-refractivity contribution in [1.29, 1.82) is 0 Å². The summed E-state index contributed by atoms with van der Waals surface area (Å²) >= 11 is 2.28. The molecule has 146 valence electrons. The van der Waals surface area contributed by atoms with Crippen LogP contribution in [0.3, 0.4) is 0 Å². The first-order chi connectivity index (χ1) is 14.1. The Morgan fingerprint density at radius 2 is 1.86 bits per heavy atom. The van der Waals surface area contributed by atoms with Crippen LogP contribution in [0.2, 0.25) is 0 Å². The van der Waals surface area contributed by atoms with Gasteiger partial charge in [-0.3, -0.25) is 4.98 Å². The molecule has 4 rings (SSSR count). The SMILES string of the molecule is COc1ccc(I)cc1[C@H](Nc1cc(C)ccn1)c1ccc2cccnc2c1O. The van der Waals surface area contributed by atoms with Gasteiger partial charge in [0.25, 0.3) is 0 Å². The lowest BCUT2D eigenvalue weighted by Crippen LogP contribution is -2.15. The van der Waals surface area contributed by atoms with Gasteiger partial charge in [0.1, 0.15) is 22.8 Å². The summed E-state index contributed by atoms with van der Waals surface area (Å²) in [6, 6.07) is 17.2. The van der Waals surface area contributed by atoms with E-state index in [2.05, 4.69) is 43.9 Å². The van der Waals surface area contributed by atoms with Gasteiger partial charge in [-0.05, 0) is 71.5 Å². The molecule has 2 heterocycles. The second-order valence-corrected chi connectivity index (χ2v) is 8.01. The molecule has 2 aromatic heterocycles. The number of pyridine rings is 2. The van der Waals surface area contributed by atoms with Gasteiger partial charge in [0.15, 0.2) is 0 Å². The van der Waals surface area contributed by atoms with E-state index >= 15 is 0 Å². The molecule has 0 amide bonds. The van der Waals surface area contributed by atoms with Crippen LogP contribution in [0.15, 0.2) is 67.0 Å². The average molecular weight is 497 g/mol. The van der Waals surface area contributed by atoms with Crippen LogP contribution in [0.5, 0.6) is 11.5 Å². The quantitative estimate of drug-likeness (QED) is 0.359. The molecule has 29 heavy (non-hydrogen) atoms. The number of phenolic OH excluding ortho intramolecular Hbond substituents is 1. The molecule has 0 spiro atoms. The summed E-state index contributed by atoms with van der Waals surface area (Å²) in [5.41, 5.74) is 3.28. The van der Waals surface area contributed by atoms with Gasteiger partial charge in [0.2, 0.25) is 0 Å². The Kier molecular flexibility index (Phi) is 5.53. The molecule has 0 unspecified atom stereocenters. The van der Waals surface area contributed by atoms with Crippen LogP contribution >= 0.6 is 22.6 Å². The molecule has 2 aromatic carbocycles. The monoisotopic (exact) mass is 497 g/mol. The minimum absolute atomic E-state index is 0.147. The third kappa shape index (κ3) is 3.98. The molecule has 4 aromatic rings. The number of benzene rings is 2. The van der Waals surface area contributed by atoms with Crippen LogP contribution in [0.4, 0.5) is 5.82 Å². The number of fused-ring (bicyclic) bond motifs is 1. The molecule has 0 aliphatic heterocycles. The van der Waals surface area contributed by atoms with Crippen molar-refractivity contribution < 1.29 is 9.84 Å². The van der Waals surface area contributed by atoms with Crippen molar-refractivity contribution in [2.45, 2.75) is 13.0 Å². The number of rotatable bonds is 5. The van der Waals surface area contributed by atoms with Gasteiger partial charge in [0.05, 0.1) is 13.2 Å². The number of nitrogens with zero attached hydrogens (tertiary/aromatic N) is 2. The number of aromatic nitrogens is 2. The molecule has 0 saturated carbocycles. The van der Waals surface area contributed by atoms with Gasteiger partial charge >= 0.3 is 0 Å². The summed E-state index contributed by atoms with van der Waals surface area (Å²) in [6.07, 6.45) is 3.45. The average Bonchev–Trinajstić information content (AvgIpc) is 2.73. The molecule has 0 bridgehead atoms. The second kappa shape index (κ2) is 8.24. The molecule has 5 nitrogen and oxygen atoms in total. The van der Waals surface area contributed by atoms with Crippen LogP contribution in [-0.4, -0.2) is 22.2 Å². The summed E-state index contributed by atoms with van der Waals surface area (Å²) in [5, 5.41) is 15.4. The van der Waals surface area contributed by atoms with Crippen molar-refractivity contribution >= 4 is 39.3 Å². The maximum atomic E-state index is 11.1. The number of aryl methyl sites for hydroxylation is 1. The molecule has 0 aliphatic rings. The topological polar surface area (TPSA) is 67.3 Å². The summed E-state index contributed by atoms with van der Waals surface area (Å²) < 4.78 is 6.70. The summed E-state index contributed by atoms with van der Waals surface area (Å²) in [6.45, 7) is 2.02. The highest BCUT2D eigenvalue weighted by molar-refractivity contribution is 14.1. The summed E-state index contributed by atoms with van der Waals surface area (Å²) in [4.78, 5) is 8.82. The van der Waals surface area contributed by atoms with E-state index < -0.39 is 0 Å². The van der Waals surface area contributed by atoms with E-state index in [1.54, 1.807) is 19.5 Å². The van der Waals surface area contributed by atoms with Crippen LogP contribution in [-0.2, 0) is 0 Å². The second-order valence-electron chi connectivity index (χ2n) is 6.76. The minimum atomic E-state index is -0.375. The molecule has 0 fully saturated rings. The zero-order valence-corrected chi connectivity index (χ0v) is 18.2. The predicted molar refractivity (Wildman–Crippen MR) is 124 cm³/mol. The zero-order valence-electron chi connectivity index (χ0n) is 16.1. The lowest BCUT2D eigenvalue weighted by molar-refractivity contribution is 0.407. The fourth-order valence-electron chi connectivity index (χ4n) is 3.40. The summed E-state index contributed by atoms with van der Waals surface area (Å²) in [7, 11) is 1.65. The van der Waals surface area contributed by atoms with E-state index in [1.165, 1.54) is 0 Å². The Hall–Kier alpha value is -2.87. The van der Waals surface area contributed by atoms with Gasteiger partial charge in [-0.2, -0.15) is 0 Å². The smallest absolute Gasteiger partial charge is 0.147 e. The van der Waals surface area contributed by atoms with Crippen LogP contribution in [0.25, 0.3) is 10.9 Å². The number of halogens is 1. The first-order valence-corrected chi connectivity index (χ1v) is 10.2. The number of ether oxygens (including phenoxy) is 1. The van der Waals surface area contributed by atoms with Crippen molar-refractivity contribution in [3.8, 4) is 11.5 Å². The summed E-state index contributed by atoms with van der Waals surface area (Å²) in [5.74, 6) is 1.60. The fourth-order valence-corrected chi connectivity index (χ4v) is 3.91. The van der Waals surface area contributed by atoms with E-state index in [-0.39, 0.29) is 11.8 Å². The highest BCUT2D eigenvalue weighted by Gasteiger charge is 2.23. The number of phenols is 1. The standard InChI is InChI=1S/C23H20IN3O2/c1-14-9-11-25-20(12-14)27-22(18-13-16(24)6-8-19(18)29-2)17-7-5-15-4-3-10-26-21(15)23(17)28/h3-13,22,28H,1-2H3,(H,25,27)/t22-/m1/s1. The van der Waals surface area contributed by atoms with Crippen molar-refractivity contribution in [2.24, 2.45) is 0 Å². The Bertz CT molecular complexity index is 1180. The Balaban J connectivity index is 1.91. The van der Waals surface area contributed by atoms with Crippen molar-refractivity contribution in [3.05, 3.63) is 87.3 Å². The van der Waals surface area contributed by atoms with Crippen molar-refractivity contribution in [3.63, 3.8) is 0 Å². The Morgan fingerprint density at radius 3 is 2.66 bits per heavy atom. The maximum Gasteiger partial charge on any atom is 0.147 e. The fraction of sp³-hybridized carbons (Fsp3) is 0.130. The van der Waals surface area contributed by atoms with E-state index in [9.17, 15) is 5.11 Å². The Morgan fingerprint density at radius 1 is 1.00 bits per heavy atom. The molecule has 0 saturated heterocycles. The van der Waals surface area contributed by atoms with Crippen molar-refractivity contribution in [2.75, 3.05) is 12.4 Å². The number of aromatic hydroxyl groups is 1. The van der Waals surface area contributed by atoms with E-state index in [1.807, 2.05) is 55.5 Å². The van der Waals surface area contributed by atoms with Gasteiger partial charge in [0, 0.05) is 32.5 Å². The first kappa shape index (κ1) is 19.4. The molecule has 0 aliphatic carbocycles. The molecule has 2 N–H and O–H groups in total. The highest BCUT2D eigenvalue weighted by atomic mass is 127. The highest BCUT2D eigenvalue weighted by Crippen LogP contribution is 2.39. The molecular formula is C23H20IN3O2. The van der Waals surface area contributed by atoms with Crippen LogP contribution in [0, 0.1) is 10.5 Å². The van der Waals surface area contributed by atoms with E-state index in [0.717, 1.165) is 31.7 Å². The predicted octanol–water partition coefficient (Wildman–Crippen LogP) is 5.46. The van der Waals surface area contributed by atoms with Crippen molar-refractivity contribution in [1.82, 2.24) is 9.97 Å². The largest absolute Gasteiger partial charge is 0.505 e. The lowest BCUT2D eigenvalue weighted by atomic mass is 9.95. The number of methoxy groups -OCH3 is 1. The molecule has 0 radical (unpaired) electrons. The van der Waals surface area contributed by atoms with Gasteiger partial charge in [-0.15, -0.1) is 0 Å². The third-order valence-electron chi connectivity index (χ3n) is 4.80. The molecule has 1 atom stereocenters. The molecular weight excluding hydrogens is 477 g/mol. The zero-order chi connectivity index (χ0) is 20.4. The normalized spacial score (nSPS) is 12.0. The maximum absolute atomic E-state index is 11.1. The van der Waals surface area contributed by atoms with Crippen LogP contribution in [0.1, 0.15) is 22.7 Å². The van der Waals surface area contributed by atoms with Gasteiger partial charge in [-0.25, -0.2) is 4.98 Å². The first-order valence-electron chi connectivity index (χ1n) is 9.16. The van der Waals surface area contributed by atoms with Gasteiger partial charge in [-0.1, -0.05) is 18.2 Å². The van der Waals surface area contributed by atoms with Gasteiger partial charge < -0.3 is 15.2 Å². The number of hydrogen-bond acceptors (Lipinski definition) is 5.